The number of rotatable bonds is 1. The summed E-state index contributed by atoms with van der Waals surface area (Å²) in [6.45, 7) is 0.993. The highest BCUT2D eigenvalue weighted by molar-refractivity contribution is 6.12. The van der Waals surface area contributed by atoms with Gasteiger partial charge in [0.2, 0.25) is 0 Å². The lowest BCUT2D eigenvalue weighted by molar-refractivity contribution is -0.208. The Hall–Kier alpha value is -1.65. The molecule has 2 atom stereocenters. The third kappa shape index (κ3) is 1.82. The molecule has 0 aromatic heterocycles. The molecule has 2 aliphatic heterocycles. The van der Waals surface area contributed by atoms with Gasteiger partial charge in [-0.2, -0.15) is 0 Å². The summed E-state index contributed by atoms with van der Waals surface area (Å²) < 4.78 is 18.4. The van der Waals surface area contributed by atoms with Crippen molar-refractivity contribution in [2.75, 3.05) is 13.2 Å². The van der Waals surface area contributed by atoms with E-state index in [1.807, 2.05) is 24.3 Å². The lowest BCUT2D eigenvalue weighted by atomic mass is 9.74. The van der Waals surface area contributed by atoms with Crippen molar-refractivity contribution in [1.29, 1.82) is 0 Å². The molecule has 0 radical (unpaired) electrons. The van der Waals surface area contributed by atoms with E-state index in [9.17, 15) is 4.79 Å². The molecule has 0 unspecified atom stereocenters. The maximum absolute atomic E-state index is 13.2. The molecule has 0 N–H and O–H groups in total. The van der Waals surface area contributed by atoms with Gasteiger partial charge in [0.25, 0.3) is 5.79 Å². The lowest BCUT2D eigenvalue weighted by Gasteiger charge is -2.41. The van der Waals surface area contributed by atoms with E-state index in [0.29, 0.717) is 24.5 Å². The first-order valence-electron chi connectivity index (χ1n) is 8.63. The van der Waals surface area contributed by atoms with Crippen LogP contribution < -0.4 is 0 Å². The minimum absolute atomic E-state index is 0.0485. The number of fused-ring (bicyclic) bond motifs is 2. The molecule has 5 rings (SSSR count). The molecule has 2 aliphatic carbocycles. The number of Topliss-reactive ketones (excluding diaryl/α,β-unsaturated/α-hetero) is 1. The molecule has 3 fully saturated rings. The third-order valence-electron chi connectivity index (χ3n) is 5.55. The van der Waals surface area contributed by atoms with Gasteiger partial charge in [0, 0.05) is 16.7 Å². The Morgan fingerprint density at radius 3 is 2.74 bits per heavy atom. The summed E-state index contributed by atoms with van der Waals surface area (Å²) in [5.74, 6) is 0.0218. The molecule has 1 spiro atoms. The molecule has 4 aliphatic rings. The van der Waals surface area contributed by atoms with Crippen molar-refractivity contribution in [2.45, 2.75) is 44.0 Å². The van der Waals surface area contributed by atoms with E-state index in [0.717, 1.165) is 24.0 Å². The van der Waals surface area contributed by atoms with Gasteiger partial charge >= 0.3 is 0 Å². The smallest absolute Gasteiger partial charge is 0.257 e. The van der Waals surface area contributed by atoms with E-state index in [-0.39, 0.29) is 17.8 Å². The second-order valence-corrected chi connectivity index (χ2v) is 6.93. The van der Waals surface area contributed by atoms with Gasteiger partial charge in [-0.25, -0.2) is 0 Å². The fourth-order valence-corrected chi connectivity index (χ4v) is 4.48. The van der Waals surface area contributed by atoms with Crippen LogP contribution in [0.3, 0.4) is 0 Å². The molecular formula is C19H20O4. The van der Waals surface area contributed by atoms with E-state index in [4.69, 9.17) is 14.2 Å². The Kier molecular flexibility index (Phi) is 2.94. The summed E-state index contributed by atoms with van der Waals surface area (Å²) in [4.78, 5) is 13.2. The van der Waals surface area contributed by atoms with Crippen LogP contribution in [-0.4, -0.2) is 25.1 Å². The summed E-state index contributed by atoms with van der Waals surface area (Å²) in [6.07, 6.45) is 5.66. The molecule has 120 valence electrons. The lowest BCUT2D eigenvalue weighted by Crippen LogP contribution is -2.44. The number of carbonyl (C=O) groups is 1. The van der Waals surface area contributed by atoms with Gasteiger partial charge in [0.15, 0.2) is 11.5 Å². The van der Waals surface area contributed by atoms with Crippen molar-refractivity contribution in [3.8, 4) is 0 Å². The number of benzene rings is 1. The molecule has 23 heavy (non-hydrogen) atoms. The number of hydrogen-bond donors (Lipinski definition) is 0. The van der Waals surface area contributed by atoms with Crippen molar-refractivity contribution in [3.05, 3.63) is 46.7 Å². The Bertz CT molecular complexity index is 701. The summed E-state index contributed by atoms with van der Waals surface area (Å²) >= 11 is 0. The van der Waals surface area contributed by atoms with Crippen molar-refractivity contribution in [3.63, 3.8) is 0 Å². The third-order valence-corrected chi connectivity index (χ3v) is 5.55. The topological polar surface area (TPSA) is 44.8 Å². The van der Waals surface area contributed by atoms with Crippen LogP contribution in [0.5, 0.6) is 0 Å². The fraction of sp³-hybridized carbons (Fsp3) is 0.526. The van der Waals surface area contributed by atoms with Crippen LogP contribution in [0.2, 0.25) is 0 Å². The normalized spacial score (nSPS) is 33.2. The van der Waals surface area contributed by atoms with Crippen molar-refractivity contribution < 1.29 is 19.0 Å². The van der Waals surface area contributed by atoms with Crippen molar-refractivity contribution in [2.24, 2.45) is 5.92 Å². The first kappa shape index (κ1) is 13.8. The summed E-state index contributed by atoms with van der Waals surface area (Å²) in [5.41, 5.74) is 2.33. The average Bonchev–Trinajstić information content (AvgIpc) is 2.95. The Morgan fingerprint density at radius 2 is 1.87 bits per heavy atom. The van der Waals surface area contributed by atoms with Crippen molar-refractivity contribution in [1.82, 2.24) is 0 Å². The number of allylic oxidation sites excluding steroid dienone is 1. The van der Waals surface area contributed by atoms with Gasteiger partial charge in [0.1, 0.15) is 12.7 Å². The van der Waals surface area contributed by atoms with Crippen molar-refractivity contribution >= 4 is 5.78 Å². The molecule has 2 saturated heterocycles. The van der Waals surface area contributed by atoms with Gasteiger partial charge in [-0.1, -0.05) is 43.5 Å². The first-order chi connectivity index (χ1) is 11.3. The van der Waals surface area contributed by atoms with E-state index in [2.05, 4.69) is 0 Å². The Labute approximate surface area is 135 Å². The van der Waals surface area contributed by atoms with E-state index in [1.54, 1.807) is 0 Å². The molecule has 4 nitrogen and oxygen atoms in total. The Morgan fingerprint density at radius 1 is 1.04 bits per heavy atom. The quantitative estimate of drug-likeness (QED) is 0.798. The van der Waals surface area contributed by atoms with Gasteiger partial charge in [-0.05, 0) is 18.8 Å². The van der Waals surface area contributed by atoms with Crippen LogP contribution in [0, 0.1) is 5.92 Å². The number of carbonyl (C=O) groups excluding carboxylic acids is 1. The maximum Gasteiger partial charge on any atom is 0.257 e. The largest absolute Gasteiger partial charge is 0.489 e. The van der Waals surface area contributed by atoms with Crippen LogP contribution in [0.1, 0.15) is 48.0 Å². The monoisotopic (exact) mass is 312 g/mol. The molecule has 1 saturated carbocycles. The van der Waals surface area contributed by atoms with Crippen LogP contribution >= 0.6 is 0 Å². The van der Waals surface area contributed by atoms with Gasteiger partial charge < -0.3 is 14.2 Å². The van der Waals surface area contributed by atoms with Gasteiger partial charge in [0.05, 0.1) is 6.61 Å². The minimum Gasteiger partial charge on any atom is -0.489 e. The minimum atomic E-state index is -0.986. The predicted octanol–water partition coefficient (Wildman–Crippen LogP) is 3.32. The van der Waals surface area contributed by atoms with Gasteiger partial charge in [-0.15, -0.1) is 0 Å². The SMILES string of the molecule is O=C1C(C2CCCCC2)=C2OC[C@@H]3CO[C@@]2(O3)c2ccccc21. The van der Waals surface area contributed by atoms with Crippen LogP contribution in [0.4, 0.5) is 0 Å². The Balaban J connectivity index is 1.72. The average molecular weight is 312 g/mol. The summed E-state index contributed by atoms with van der Waals surface area (Å²) in [7, 11) is 0. The highest BCUT2D eigenvalue weighted by Crippen LogP contribution is 2.52. The zero-order valence-electron chi connectivity index (χ0n) is 13.0. The summed E-state index contributed by atoms with van der Waals surface area (Å²) in [6, 6.07) is 7.66. The number of ketones is 1. The second kappa shape index (κ2) is 4.92. The van der Waals surface area contributed by atoms with E-state index < -0.39 is 5.79 Å². The molecule has 2 heterocycles. The fourth-order valence-electron chi connectivity index (χ4n) is 4.48. The second-order valence-electron chi connectivity index (χ2n) is 6.93. The van der Waals surface area contributed by atoms with Crippen LogP contribution in [-0.2, 0) is 20.0 Å². The van der Waals surface area contributed by atoms with Crippen LogP contribution in [0.15, 0.2) is 35.6 Å². The van der Waals surface area contributed by atoms with Gasteiger partial charge in [-0.3, -0.25) is 4.79 Å². The molecular weight excluding hydrogens is 292 g/mol. The summed E-state index contributed by atoms with van der Waals surface area (Å²) in [5, 5.41) is 0. The van der Waals surface area contributed by atoms with E-state index >= 15 is 0 Å². The number of ether oxygens (including phenoxy) is 3. The molecule has 4 heteroatoms. The highest BCUT2D eigenvalue weighted by atomic mass is 16.8. The zero-order valence-corrected chi connectivity index (χ0v) is 13.0. The molecule has 0 amide bonds. The van der Waals surface area contributed by atoms with Crippen LogP contribution in [0.25, 0.3) is 0 Å². The predicted molar refractivity (Wildman–Crippen MR) is 82.8 cm³/mol. The first-order valence-corrected chi connectivity index (χ1v) is 8.63. The highest BCUT2D eigenvalue weighted by Gasteiger charge is 2.57. The maximum atomic E-state index is 13.2. The molecule has 1 aromatic carbocycles. The van der Waals surface area contributed by atoms with E-state index in [1.165, 1.54) is 19.3 Å². The molecule has 2 bridgehead atoms. The zero-order chi connectivity index (χ0) is 15.4. The molecule has 1 aromatic rings. The standard InChI is InChI=1S/C19H20O4/c20-17-14-8-4-5-9-15(14)19-18(21-10-13(23-19)11-22-19)16(17)12-6-2-1-3-7-12/h4-5,8-9,12-13H,1-3,6-7,10-11H2/t13-,19-/m1/s1. The number of hydrogen-bond acceptors (Lipinski definition) is 4.